The van der Waals surface area contributed by atoms with E-state index in [0.717, 1.165) is 16.6 Å². The number of aryl methyl sites for hydroxylation is 1. The van der Waals surface area contributed by atoms with E-state index in [-0.39, 0.29) is 5.82 Å². The molecule has 1 aliphatic heterocycles. The van der Waals surface area contributed by atoms with Gasteiger partial charge in [0.25, 0.3) is 0 Å². The summed E-state index contributed by atoms with van der Waals surface area (Å²) >= 11 is 0. The number of amides is 1. The van der Waals surface area contributed by atoms with Crippen LogP contribution in [0.5, 0.6) is 0 Å². The minimum atomic E-state index is -1.38. The number of aromatic amines is 1. The summed E-state index contributed by atoms with van der Waals surface area (Å²) in [5.41, 5.74) is -0.0480. The fraction of sp³-hybridized carbons (Fsp3) is 0.500. The number of para-hydroxylation sites is 1. The van der Waals surface area contributed by atoms with Crippen LogP contribution < -0.4 is 0 Å². The molecule has 1 saturated heterocycles. The second-order valence-corrected chi connectivity index (χ2v) is 6.77. The molecule has 1 amide bonds. The van der Waals surface area contributed by atoms with Gasteiger partial charge in [0.05, 0.1) is 5.52 Å². The van der Waals surface area contributed by atoms with Crippen LogP contribution in [0, 0.1) is 12.7 Å². The van der Waals surface area contributed by atoms with Crippen molar-refractivity contribution in [3.05, 3.63) is 35.3 Å². The summed E-state index contributed by atoms with van der Waals surface area (Å²) in [5, 5.41) is 11.6. The average Bonchev–Trinajstić information content (AvgIpc) is 2.92. The minimum absolute atomic E-state index is 0.297. The van der Waals surface area contributed by atoms with Crippen molar-refractivity contribution in [3.8, 4) is 0 Å². The van der Waals surface area contributed by atoms with E-state index in [1.165, 1.54) is 11.0 Å². The zero-order chi connectivity index (χ0) is 17.7. The number of aromatic nitrogens is 1. The second kappa shape index (κ2) is 5.48. The number of rotatable bonds is 4. The maximum absolute atomic E-state index is 13.9. The predicted octanol–water partition coefficient (Wildman–Crippen LogP) is 3.49. The van der Waals surface area contributed by atoms with Crippen LogP contribution in [0.1, 0.15) is 38.4 Å². The lowest BCUT2D eigenvalue weighted by atomic mass is 9.90. The number of benzene rings is 1. The molecule has 2 atom stereocenters. The molecule has 5 nitrogen and oxygen atoms in total. The van der Waals surface area contributed by atoms with Crippen molar-refractivity contribution in [1.29, 1.82) is 0 Å². The van der Waals surface area contributed by atoms with Crippen molar-refractivity contribution >= 4 is 17.0 Å². The van der Waals surface area contributed by atoms with Crippen molar-refractivity contribution < 1.29 is 19.0 Å². The summed E-state index contributed by atoms with van der Waals surface area (Å²) in [4.78, 5) is 16.6. The number of carbonyl (C=O) groups excluding carboxylic acids is 1. The lowest BCUT2D eigenvalue weighted by molar-refractivity contribution is -0.137. The number of halogens is 1. The Bertz CT molecular complexity index is 799. The van der Waals surface area contributed by atoms with Gasteiger partial charge in [-0.25, -0.2) is 9.18 Å². The highest BCUT2D eigenvalue weighted by Crippen LogP contribution is 2.39. The normalized spacial score (nSPS) is 27.1. The number of H-pyrrole nitrogens is 1. The van der Waals surface area contributed by atoms with Crippen LogP contribution in [0.15, 0.2) is 18.2 Å². The fourth-order valence-corrected chi connectivity index (χ4v) is 3.44. The van der Waals surface area contributed by atoms with Gasteiger partial charge >= 0.3 is 6.09 Å². The van der Waals surface area contributed by atoms with Gasteiger partial charge in [-0.05, 0) is 45.2 Å². The largest absolute Gasteiger partial charge is 0.438 e. The molecule has 3 rings (SSSR count). The molecule has 2 aromatic rings. The molecule has 0 spiro atoms. The molecule has 1 aliphatic rings. The summed E-state index contributed by atoms with van der Waals surface area (Å²) in [6.45, 7) is 7.38. The van der Waals surface area contributed by atoms with E-state index in [2.05, 4.69) is 4.98 Å². The van der Waals surface area contributed by atoms with Crippen molar-refractivity contribution in [2.24, 2.45) is 0 Å². The van der Waals surface area contributed by atoms with Crippen LogP contribution in [-0.2, 0) is 11.2 Å². The molecule has 1 aromatic heterocycles. The van der Waals surface area contributed by atoms with Crippen LogP contribution in [0.2, 0.25) is 0 Å². The lowest BCUT2D eigenvalue weighted by Crippen LogP contribution is -2.55. The summed E-state index contributed by atoms with van der Waals surface area (Å²) in [5.74, 6) is -0.298. The molecule has 2 N–H and O–H groups in total. The lowest BCUT2D eigenvalue weighted by Gasteiger charge is -2.36. The fourth-order valence-electron chi connectivity index (χ4n) is 3.44. The smallest absolute Gasteiger partial charge is 0.412 e. The van der Waals surface area contributed by atoms with Crippen LogP contribution in [-0.4, -0.2) is 39.0 Å². The molecule has 24 heavy (non-hydrogen) atoms. The maximum Gasteiger partial charge on any atom is 0.412 e. The van der Waals surface area contributed by atoms with Crippen LogP contribution in [0.3, 0.4) is 0 Å². The number of nitrogens with zero attached hydrogens (tertiary/aromatic N) is 1. The van der Waals surface area contributed by atoms with Crippen LogP contribution >= 0.6 is 0 Å². The highest BCUT2D eigenvalue weighted by atomic mass is 19.1. The first-order valence-electron chi connectivity index (χ1n) is 8.20. The van der Waals surface area contributed by atoms with E-state index in [0.29, 0.717) is 24.9 Å². The molecule has 0 saturated carbocycles. The van der Waals surface area contributed by atoms with Gasteiger partial charge in [-0.3, -0.25) is 4.90 Å². The molecule has 6 heteroatoms. The third-order valence-corrected chi connectivity index (χ3v) is 5.42. The second-order valence-electron chi connectivity index (χ2n) is 6.77. The highest BCUT2D eigenvalue weighted by molar-refractivity contribution is 5.85. The summed E-state index contributed by atoms with van der Waals surface area (Å²) < 4.78 is 19.3. The molecule has 130 valence electrons. The Kier molecular flexibility index (Phi) is 3.83. The van der Waals surface area contributed by atoms with E-state index in [1.807, 2.05) is 19.9 Å². The third-order valence-electron chi connectivity index (χ3n) is 5.42. The topological polar surface area (TPSA) is 65.6 Å². The third kappa shape index (κ3) is 2.28. The first-order valence-corrected chi connectivity index (χ1v) is 8.20. The first-order chi connectivity index (χ1) is 11.2. The number of carbonyl (C=O) groups is 1. The first kappa shape index (κ1) is 16.8. The van der Waals surface area contributed by atoms with Crippen LogP contribution in [0.25, 0.3) is 10.9 Å². The Morgan fingerprint density at radius 1 is 1.38 bits per heavy atom. The molecule has 2 heterocycles. The number of aliphatic hydroxyl groups is 1. The molecule has 1 fully saturated rings. The Balaban J connectivity index is 1.88. The molecular formula is C18H23FN2O3. The summed E-state index contributed by atoms with van der Waals surface area (Å²) in [7, 11) is 0. The molecule has 0 aliphatic carbocycles. The van der Waals surface area contributed by atoms with Crippen molar-refractivity contribution in [1.82, 2.24) is 9.88 Å². The van der Waals surface area contributed by atoms with Gasteiger partial charge < -0.3 is 14.8 Å². The number of hydrogen-bond donors (Lipinski definition) is 2. The Hall–Kier alpha value is -2.08. The number of cyclic esters (lactones) is 1. The maximum atomic E-state index is 13.9. The van der Waals surface area contributed by atoms with Crippen molar-refractivity contribution in [2.45, 2.75) is 51.9 Å². The Morgan fingerprint density at radius 3 is 2.71 bits per heavy atom. The van der Waals surface area contributed by atoms with E-state index in [9.17, 15) is 14.3 Å². The summed E-state index contributed by atoms with van der Waals surface area (Å²) in [6, 6.07) is 4.94. The standard InChI is InChI=1S/C18H23FN2O3/c1-5-17(3)18(4,23)21(16(22)24-17)10-9-12-11(2)20-15-13(12)7-6-8-14(15)19/h6-8,20,23H,5,9-10H2,1-4H3/t17-,18-/m0/s1. The van der Waals surface area contributed by atoms with E-state index < -0.39 is 17.4 Å². The zero-order valence-electron chi connectivity index (χ0n) is 14.4. The quantitative estimate of drug-likeness (QED) is 0.899. The van der Waals surface area contributed by atoms with Gasteiger partial charge in [0.2, 0.25) is 0 Å². The van der Waals surface area contributed by atoms with Gasteiger partial charge in [0, 0.05) is 17.6 Å². The molecule has 0 unspecified atom stereocenters. The van der Waals surface area contributed by atoms with Gasteiger partial charge in [0.15, 0.2) is 11.3 Å². The zero-order valence-corrected chi connectivity index (χ0v) is 14.4. The van der Waals surface area contributed by atoms with Gasteiger partial charge in [-0.2, -0.15) is 0 Å². The van der Waals surface area contributed by atoms with Crippen molar-refractivity contribution in [3.63, 3.8) is 0 Å². The Morgan fingerprint density at radius 2 is 2.08 bits per heavy atom. The number of hydrogen-bond acceptors (Lipinski definition) is 3. The Labute approximate surface area is 140 Å². The molecule has 0 bridgehead atoms. The molecule has 1 aromatic carbocycles. The molecule has 0 radical (unpaired) electrons. The molecular weight excluding hydrogens is 311 g/mol. The minimum Gasteiger partial charge on any atom is -0.438 e. The number of nitrogens with one attached hydrogen (secondary N) is 1. The van der Waals surface area contributed by atoms with E-state index in [4.69, 9.17) is 4.74 Å². The van der Waals surface area contributed by atoms with E-state index in [1.54, 1.807) is 19.9 Å². The van der Waals surface area contributed by atoms with E-state index >= 15 is 0 Å². The van der Waals surface area contributed by atoms with Gasteiger partial charge in [0.1, 0.15) is 5.82 Å². The average molecular weight is 334 g/mol. The predicted molar refractivity (Wildman–Crippen MR) is 89.2 cm³/mol. The van der Waals surface area contributed by atoms with Gasteiger partial charge in [-0.1, -0.05) is 19.1 Å². The highest BCUT2D eigenvalue weighted by Gasteiger charge is 2.58. The number of ether oxygens (including phenoxy) is 1. The number of fused-ring (bicyclic) bond motifs is 1. The SMILES string of the molecule is CC[C@]1(C)OC(=O)N(CCc2c(C)[nH]c3c(F)cccc23)[C@@]1(C)O. The van der Waals surface area contributed by atoms with Crippen LogP contribution in [0.4, 0.5) is 9.18 Å². The monoisotopic (exact) mass is 334 g/mol. The van der Waals surface area contributed by atoms with Crippen molar-refractivity contribution in [2.75, 3.05) is 6.54 Å². The van der Waals surface area contributed by atoms with Gasteiger partial charge in [-0.15, -0.1) is 0 Å². The summed E-state index contributed by atoms with van der Waals surface area (Å²) in [6.07, 6.45) is 0.493.